The molecule has 3 heterocycles. The van der Waals surface area contributed by atoms with E-state index in [9.17, 15) is 0 Å². The van der Waals surface area contributed by atoms with Crippen LogP contribution in [0.2, 0.25) is 0 Å². The number of aromatic nitrogens is 1. The van der Waals surface area contributed by atoms with Gasteiger partial charge in [-0.05, 0) is 95.3 Å². The summed E-state index contributed by atoms with van der Waals surface area (Å²) >= 11 is 0. The second-order valence-corrected chi connectivity index (χ2v) is 23.4. The van der Waals surface area contributed by atoms with Gasteiger partial charge in [-0.2, -0.15) is 0 Å². The van der Waals surface area contributed by atoms with Crippen LogP contribution in [0.5, 0.6) is 0 Å². The van der Waals surface area contributed by atoms with Gasteiger partial charge in [-0.1, -0.05) is 213 Å². The molecule has 2 aliphatic rings. The van der Waals surface area contributed by atoms with Crippen LogP contribution in [0.15, 0.2) is 139 Å². The molecule has 0 radical (unpaired) electrons. The molecule has 0 unspecified atom stereocenters. The number of hydrogen-bond acceptors (Lipinski definition) is 0. The fourth-order valence-electron chi connectivity index (χ4n) is 9.31. The molecule has 2 aliphatic heterocycles. The van der Waals surface area contributed by atoms with Crippen LogP contribution in [0.25, 0.3) is 33.5 Å². The standard InChI is InChI=1S/C59H67BF2N2/c1-55(2,3)43-26-16-38(17-27-43)48-36-50(40-20-30-45(31-21-40)57(7,8)9)63-53(48)52(42-24-34-47(35-25-42)59(13,14)15)54-49(39-18-28-44(29-19-39)56(4,5)6)37-51(64(54)60(63,61)62)41-22-32-46(33-23-41)58(10,11)12/h16-37H,1-15H3. The quantitative estimate of drug-likeness (QED) is 0.153. The van der Waals surface area contributed by atoms with Gasteiger partial charge in [0, 0.05) is 28.6 Å². The highest BCUT2D eigenvalue weighted by Crippen LogP contribution is 2.51. The molecule has 0 saturated carbocycles. The Hall–Kier alpha value is -5.55. The summed E-state index contributed by atoms with van der Waals surface area (Å²) < 4.78 is 40.8. The second kappa shape index (κ2) is 15.3. The first-order valence-corrected chi connectivity index (χ1v) is 23.1. The van der Waals surface area contributed by atoms with Crippen molar-refractivity contribution in [3.8, 4) is 22.4 Å². The Kier molecular flexibility index (Phi) is 10.8. The van der Waals surface area contributed by atoms with E-state index in [1.165, 1.54) is 25.7 Å². The van der Waals surface area contributed by atoms with Crippen molar-refractivity contribution >= 4 is 23.8 Å². The number of rotatable bonds is 5. The highest BCUT2D eigenvalue weighted by atomic mass is 19.2. The van der Waals surface area contributed by atoms with Gasteiger partial charge in [-0.15, -0.1) is 0 Å². The predicted octanol–water partition coefficient (Wildman–Crippen LogP) is 15.9. The lowest BCUT2D eigenvalue weighted by atomic mass is 9.80. The van der Waals surface area contributed by atoms with Crippen LogP contribution in [0.3, 0.4) is 0 Å². The zero-order valence-electron chi connectivity index (χ0n) is 40.9. The normalized spacial score (nSPS) is 15.7. The second-order valence-electron chi connectivity index (χ2n) is 23.4. The summed E-state index contributed by atoms with van der Waals surface area (Å²) in [6, 6.07) is 44.3. The van der Waals surface area contributed by atoms with Crippen LogP contribution in [0.1, 0.15) is 154 Å². The molecular formula is C59H67BF2N2. The molecule has 0 N–H and O–H groups in total. The third-order valence-corrected chi connectivity index (χ3v) is 13.4. The summed E-state index contributed by atoms with van der Waals surface area (Å²) in [7, 11) is 0. The van der Waals surface area contributed by atoms with Gasteiger partial charge in [0.15, 0.2) is 11.4 Å². The fourth-order valence-corrected chi connectivity index (χ4v) is 9.31. The predicted molar refractivity (Wildman–Crippen MR) is 270 cm³/mol. The van der Waals surface area contributed by atoms with Crippen molar-refractivity contribution in [3.63, 3.8) is 0 Å². The van der Waals surface area contributed by atoms with Gasteiger partial charge in [0.1, 0.15) is 0 Å². The van der Waals surface area contributed by atoms with E-state index in [0.717, 1.165) is 55.7 Å². The number of hydrogen-bond donors (Lipinski definition) is 0. The average molecular weight is 853 g/mol. The van der Waals surface area contributed by atoms with Gasteiger partial charge in [0.25, 0.3) is 0 Å². The molecule has 0 atom stereocenters. The third kappa shape index (κ3) is 8.09. The zero-order chi connectivity index (χ0) is 46.5. The van der Waals surface area contributed by atoms with Gasteiger partial charge >= 0.3 is 6.97 Å². The van der Waals surface area contributed by atoms with Crippen LogP contribution in [-0.2, 0) is 27.1 Å². The molecule has 330 valence electrons. The van der Waals surface area contributed by atoms with E-state index >= 15 is 8.63 Å². The molecule has 0 amide bonds. The Bertz CT molecular complexity index is 2830. The van der Waals surface area contributed by atoms with Crippen molar-refractivity contribution < 1.29 is 13.1 Å². The van der Waals surface area contributed by atoms with Crippen LogP contribution in [0, 0.1) is 0 Å². The van der Waals surface area contributed by atoms with Gasteiger partial charge in [-0.3, -0.25) is 0 Å². The molecule has 2 nitrogen and oxygen atoms in total. The van der Waals surface area contributed by atoms with Crippen LogP contribution in [-0.4, -0.2) is 21.6 Å². The lowest BCUT2D eigenvalue weighted by Crippen LogP contribution is -2.51. The van der Waals surface area contributed by atoms with Gasteiger partial charge < -0.3 is 17.6 Å². The maximum Gasteiger partial charge on any atom is 0.737 e. The lowest BCUT2D eigenvalue weighted by Gasteiger charge is -2.35. The summed E-state index contributed by atoms with van der Waals surface area (Å²) in [6.45, 7) is 28.4. The molecule has 0 aliphatic carbocycles. The van der Waals surface area contributed by atoms with E-state index < -0.39 is 6.97 Å². The molecule has 0 fully saturated rings. The van der Waals surface area contributed by atoms with Crippen LogP contribution in [0.4, 0.5) is 8.63 Å². The van der Waals surface area contributed by atoms with Gasteiger partial charge in [-0.25, -0.2) is 0 Å². The summed E-state index contributed by atoms with van der Waals surface area (Å²) in [5.41, 5.74) is 14.0. The topological polar surface area (TPSA) is 7.94 Å². The summed E-state index contributed by atoms with van der Waals surface area (Å²) in [4.78, 5) is 0. The summed E-state index contributed by atoms with van der Waals surface area (Å²) in [5, 5.41) is 0. The molecule has 0 spiro atoms. The maximum absolute atomic E-state index is 19.0. The molecule has 6 aromatic rings. The number of benzene rings is 5. The van der Waals surface area contributed by atoms with Crippen LogP contribution < -0.4 is 0 Å². The van der Waals surface area contributed by atoms with Crippen molar-refractivity contribution in [1.82, 2.24) is 4.48 Å². The van der Waals surface area contributed by atoms with Gasteiger partial charge in [0.2, 0.25) is 0 Å². The van der Waals surface area contributed by atoms with Crippen molar-refractivity contribution in [2.45, 2.75) is 131 Å². The number of fused-ring (bicyclic) bond motifs is 2. The van der Waals surface area contributed by atoms with Crippen LogP contribution >= 0.6 is 0 Å². The van der Waals surface area contributed by atoms with E-state index in [1.54, 1.807) is 0 Å². The minimum absolute atomic E-state index is 0.0688. The Balaban J connectivity index is 1.53. The zero-order valence-corrected chi connectivity index (χ0v) is 40.9. The Labute approximate surface area is 382 Å². The Morgan fingerprint density at radius 1 is 0.406 bits per heavy atom. The van der Waals surface area contributed by atoms with E-state index in [2.05, 4.69) is 201 Å². The molecule has 5 aromatic carbocycles. The highest BCUT2D eigenvalue weighted by Gasteiger charge is 2.57. The number of halogens is 2. The molecule has 0 bridgehead atoms. The van der Waals surface area contributed by atoms with Crippen molar-refractivity contribution in [1.29, 1.82) is 0 Å². The Morgan fingerprint density at radius 2 is 0.734 bits per heavy atom. The molecule has 5 heteroatoms. The molecule has 64 heavy (non-hydrogen) atoms. The molecule has 8 rings (SSSR count). The summed E-state index contributed by atoms with van der Waals surface area (Å²) in [6.07, 6.45) is 2.02. The number of allylic oxidation sites excluding steroid dienone is 2. The van der Waals surface area contributed by atoms with Gasteiger partial charge in [0.05, 0.1) is 11.1 Å². The SMILES string of the molecule is CC(C)(C)c1ccc(C2=CC(c3ccc(C(C)(C)C)cc3)=[N+]3C2=C(c2ccc(C(C)(C)C)cc2)c2c(-c4ccc(C(C)(C)C)cc4)cc(-c4ccc(C(C)(C)C)cc4)n2[B-]3(F)F)cc1. The minimum Gasteiger partial charge on any atom is -0.389 e. The van der Waals surface area contributed by atoms with E-state index in [0.29, 0.717) is 22.8 Å². The first-order chi connectivity index (χ1) is 29.7. The first kappa shape index (κ1) is 45.0. The average Bonchev–Trinajstić information content (AvgIpc) is 3.82. The molecular weight excluding hydrogens is 785 g/mol. The number of nitrogens with zero attached hydrogens (tertiary/aromatic N) is 2. The first-order valence-electron chi connectivity index (χ1n) is 23.1. The van der Waals surface area contributed by atoms with Crippen molar-refractivity contribution in [2.24, 2.45) is 0 Å². The van der Waals surface area contributed by atoms with Crippen molar-refractivity contribution in [2.75, 3.05) is 0 Å². The highest BCUT2D eigenvalue weighted by molar-refractivity contribution is 6.59. The monoisotopic (exact) mass is 853 g/mol. The van der Waals surface area contributed by atoms with Crippen molar-refractivity contribution in [3.05, 3.63) is 189 Å². The molecule has 1 aromatic heterocycles. The Morgan fingerprint density at radius 3 is 1.11 bits per heavy atom. The summed E-state index contributed by atoms with van der Waals surface area (Å²) in [5.74, 6) is 0. The lowest BCUT2D eigenvalue weighted by molar-refractivity contribution is -0.359. The smallest absolute Gasteiger partial charge is 0.389 e. The maximum atomic E-state index is 19.0. The van der Waals surface area contributed by atoms with E-state index in [1.807, 2.05) is 36.4 Å². The van der Waals surface area contributed by atoms with E-state index in [-0.39, 0.29) is 27.1 Å². The van der Waals surface area contributed by atoms with E-state index in [4.69, 9.17) is 0 Å². The largest absolute Gasteiger partial charge is 0.737 e. The third-order valence-electron chi connectivity index (χ3n) is 13.4. The minimum atomic E-state index is -4.51. The molecule has 0 saturated heterocycles. The fraction of sp³-hybridized carbons (Fsp3) is 0.339.